The Morgan fingerprint density at radius 3 is 2.54 bits per heavy atom. The molecule has 0 radical (unpaired) electrons. The molecule has 0 unspecified atom stereocenters. The molecule has 1 N–H and O–H groups in total. The van der Waals surface area contributed by atoms with Crippen LogP contribution in [0.15, 0.2) is 47.4 Å². The lowest BCUT2D eigenvalue weighted by atomic mass is 9.88. The summed E-state index contributed by atoms with van der Waals surface area (Å²) in [5.74, 6) is 0.0262. The molecule has 0 saturated carbocycles. The summed E-state index contributed by atoms with van der Waals surface area (Å²) in [7, 11) is 0. The highest BCUT2D eigenvalue weighted by Crippen LogP contribution is 2.29. The van der Waals surface area contributed by atoms with Gasteiger partial charge >= 0.3 is 0 Å². The number of amides is 1. The van der Waals surface area contributed by atoms with E-state index in [1.807, 2.05) is 24.3 Å². The van der Waals surface area contributed by atoms with E-state index in [-0.39, 0.29) is 11.9 Å². The molecule has 0 spiro atoms. The van der Waals surface area contributed by atoms with Crippen LogP contribution in [-0.2, 0) is 12.8 Å². The number of thioether (sulfide) groups is 1. The van der Waals surface area contributed by atoms with Gasteiger partial charge in [0.2, 0.25) is 0 Å². The Balaban J connectivity index is 1.79. The van der Waals surface area contributed by atoms with Crippen molar-refractivity contribution in [2.75, 3.05) is 0 Å². The molecular formula is C23H29NOS. The fraction of sp³-hybridized carbons (Fsp3) is 0.435. The van der Waals surface area contributed by atoms with Crippen molar-refractivity contribution in [1.29, 1.82) is 0 Å². The number of hydrogen-bond acceptors (Lipinski definition) is 2. The third kappa shape index (κ3) is 4.50. The van der Waals surface area contributed by atoms with Crippen LogP contribution in [0.4, 0.5) is 0 Å². The number of carbonyl (C=O) groups is 1. The highest BCUT2D eigenvalue weighted by molar-refractivity contribution is 8.00. The molecule has 138 valence electrons. The number of benzene rings is 2. The Morgan fingerprint density at radius 1 is 1.08 bits per heavy atom. The van der Waals surface area contributed by atoms with Gasteiger partial charge in [-0.1, -0.05) is 51.1 Å². The molecular weight excluding hydrogens is 338 g/mol. The first-order chi connectivity index (χ1) is 12.6. The van der Waals surface area contributed by atoms with Crippen molar-refractivity contribution in [3.8, 4) is 0 Å². The SMILES string of the molecule is CC[C@@H](NC(=O)c1ccccc1SC(C)C)c1ccc2c(c1)CCCC2. The highest BCUT2D eigenvalue weighted by Gasteiger charge is 2.19. The maximum absolute atomic E-state index is 13.0. The van der Waals surface area contributed by atoms with E-state index in [0.717, 1.165) is 16.9 Å². The number of fused-ring (bicyclic) bond motifs is 1. The third-order valence-corrected chi connectivity index (χ3v) is 6.06. The zero-order valence-corrected chi connectivity index (χ0v) is 16.9. The van der Waals surface area contributed by atoms with Gasteiger partial charge in [-0.3, -0.25) is 4.79 Å². The second-order valence-corrected chi connectivity index (χ2v) is 8.95. The molecule has 3 rings (SSSR count). The molecule has 0 saturated heterocycles. The van der Waals surface area contributed by atoms with Crippen LogP contribution in [0.5, 0.6) is 0 Å². The van der Waals surface area contributed by atoms with Crippen LogP contribution in [0.1, 0.15) is 73.1 Å². The zero-order chi connectivity index (χ0) is 18.5. The van der Waals surface area contributed by atoms with Crippen LogP contribution in [0.25, 0.3) is 0 Å². The second-order valence-electron chi connectivity index (χ2n) is 7.33. The molecule has 0 heterocycles. The summed E-state index contributed by atoms with van der Waals surface area (Å²) in [6, 6.07) is 14.8. The van der Waals surface area contributed by atoms with E-state index in [0.29, 0.717) is 5.25 Å². The molecule has 1 aliphatic rings. The van der Waals surface area contributed by atoms with Crippen molar-refractivity contribution >= 4 is 17.7 Å². The molecule has 0 bridgehead atoms. The molecule has 26 heavy (non-hydrogen) atoms. The molecule has 2 aromatic rings. The second kappa shape index (κ2) is 8.77. The van der Waals surface area contributed by atoms with E-state index in [1.54, 1.807) is 11.8 Å². The Kier molecular flexibility index (Phi) is 6.42. The highest BCUT2D eigenvalue weighted by atomic mass is 32.2. The Hall–Kier alpha value is -1.74. The topological polar surface area (TPSA) is 29.1 Å². The van der Waals surface area contributed by atoms with Crippen molar-refractivity contribution in [3.63, 3.8) is 0 Å². The van der Waals surface area contributed by atoms with Crippen molar-refractivity contribution < 1.29 is 4.79 Å². The first-order valence-electron chi connectivity index (χ1n) is 9.76. The number of rotatable bonds is 6. The van der Waals surface area contributed by atoms with Crippen LogP contribution in [-0.4, -0.2) is 11.2 Å². The molecule has 0 aliphatic heterocycles. The lowest BCUT2D eigenvalue weighted by Gasteiger charge is -2.22. The van der Waals surface area contributed by atoms with Gasteiger partial charge in [0.1, 0.15) is 0 Å². The lowest BCUT2D eigenvalue weighted by molar-refractivity contribution is 0.0932. The van der Waals surface area contributed by atoms with E-state index >= 15 is 0 Å². The summed E-state index contributed by atoms with van der Waals surface area (Å²) in [6.07, 6.45) is 5.83. The molecule has 2 aromatic carbocycles. The Labute approximate surface area is 161 Å². The summed E-state index contributed by atoms with van der Waals surface area (Å²) < 4.78 is 0. The number of carbonyl (C=O) groups excluding carboxylic acids is 1. The van der Waals surface area contributed by atoms with Gasteiger partial charge in [0.15, 0.2) is 0 Å². The van der Waals surface area contributed by atoms with Crippen molar-refractivity contribution in [1.82, 2.24) is 5.32 Å². The monoisotopic (exact) mass is 367 g/mol. The van der Waals surface area contributed by atoms with Gasteiger partial charge in [-0.25, -0.2) is 0 Å². The zero-order valence-electron chi connectivity index (χ0n) is 16.0. The molecule has 1 amide bonds. The van der Waals surface area contributed by atoms with Crippen molar-refractivity contribution in [2.24, 2.45) is 0 Å². The van der Waals surface area contributed by atoms with Gasteiger partial charge in [-0.2, -0.15) is 0 Å². The van der Waals surface area contributed by atoms with E-state index in [9.17, 15) is 4.79 Å². The number of nitrogens with one attached hydrogen (secondary N) is 1. The standard InChI is InChI=1S/C23H29NOS/c1-4-21(19-14-13-17-9-5-6-10-18(17)15-19)24-23(25)20-11-7-8-12-22(20)26-16(2)3/h7-8,11-16,21H,4-6,9-10H2,1-3H3,(H,24,25)/t21-/m1/s1. The molecule has 3 heteroatoms. The summed E-state index contributed by atoms with van der Waals surface area (Å²) in [4.78, 5) is 14.0. The van der Waals surface area contributed by atoms with Gasteiger partial charge in [0, 0.05) is 10.1 Å². The predicted molar refractivity (Wildman–Crippen MR) is 111 cm³/mol. The maximum atomic E-state index is 13.0. The van der Waals surface area contributed by atoms with Crippen LogP contribution >= 0.6 is 11.8 Å². The van der Waals surface area contributed by atoms with E-state index in [4.69, 9.17) is 0 Å². The number of hydrogen-bond donors (Lipinski definition) is 1. The minimum atomic E-state index is 0.0262. The Morgan fingerprint density at radius 2 is 1.81 bits per heavy atom. The van der Waals surface area contributed by atoms with E-state index < -0.39 is 0 Å². The van der Waals surface area contributed by atoms with Crippen LogP contribution in [0.3, 0.4) is 0 Å². The van der Waals surface area contributed by atoms with Gasteiger partial charge in [0.05, 0.1) is 11.6 Å². The minimum Gasteiger partial charge on any atom is -0.345 e. The fourth-order valence-corrected chi connectivity index (χ4v) is 4.59. The van der Waals surface area contributed by atoms with Gasteiger partial charge in [-0.15, -0.1) is 11.8 Å². The summed E-state index contributed by atoms with van der Waals surface area (Å²) in [5, 5.41) is 3.72. The lowest BCUT2D eigenvalue weighted by Crippen LogP contribution is -2.28. The average molecular weight is 368 g/mol. The van der Waals surface area contributed by atoms with E-state index in [1.165, 1.54) is 42.4 Å². The molecule has 1 aliphatic carbocycles. The normalized spacial score (nSPS) is 14.8. The average Bonchev–Trinajstić information content (AvgIpc) is 2.65. The van der Waals surface area contributed by atoms with Crippen molar-refractivity contribution in [3.05, 3.63) is 64.7 Å². The maximum Gasteiger partial charge on any atom is 0.252 e. The minimum absolute atomic E-state index is 0.0262. The molecule has 0 aromatic heterocycles. The van der Waals surface area contributed by atoms with Gasteiger partial charge < -0.3 is 5.32 Å². The largest absolute Gasteiger partial charge is 0.345 e. The quantitative estimate of drug-likeness (QED) is 0.640. The smallest absolute Gasteiger partial charge is 0.252 e. The van der Waals surface area contributed by atoms with Crippen molar-refractivity contribution in [2.45, 2.75) is 69.1 Å². The molecule has 2 nitrogen and oxygen atoms in total. The summed E-state index contributed by atoms with van der Waals surface area (Å²) in [6.45, 7) is 6.45. The Bertz CT molecular complexity index is 769. The first-order valence-corrected chi connectivity index (χ1v) is 10.6. The van der Waals surface area contributed by atoms with Crippen LogP contribution in [0, 0.1) is 0 Å². The van der Waals surface area contributed by atoms with Crippen LogP contribution in [0.2, 0.25) is 0 Å². The fourth-order valence-electron chi connectivity index (χ4n) is 3.64. The molecule has 1 atom stereocenters. The third-order valence-electron chi connectivity index (χ3n) is 4.98. The number of aryl methyl sites for hydroxylation is 2. The summed E-state index contributed by atoms with van der Waals surface area (Å²) >= 11 is 1.74. The van der Waals surface area contributed by atoms with E-state index in [2.05, 4.69) is 44.3 Å². The predicted octanol–water partition coefficient (Wildman–Crippen LogP) is 5.95. The van der Waals surface area contributed by atoms with Gasteiger partial charge in [-0.05, 0) is 60.9 Å². The molecule has 0 fully saturated rings. The first kappa shape index (κ1) is 19.0. The van der Waals surface area contributed by atoms with Gasteiger partial charge in [0.25, 0.3) is 5.91 Å². The summed E-state index contributed by atoms with van der Waals surface area (Å²) in [5.41, 5.74) is 4.97. The van der Waals surface area contributed by atoms with Crippen LogP contribution < -0.4 is 5.32 Å².